The largest absolute Gasteiger partial charge is 0.468 e. The number of carbonyl (C=O) groups excluding carboxylic acids is 4. The Morgan fingerprint density at radius 2 is 1.93 bits per heavy atom. The SMILES string of the molecule is COC(=O)CN1C(=O)S/C(=C/c2ccc(-c3ccc(Cl)c(C(=O)OC)c3)o2)C1=O. The van der Waals surface area contributed by atoms with Gasteiger partial charge in [-0.2, -0.15) is 0 Å². The minimum Gasteiger partial charge on any atom is -0.468 e. The highest BCUT2D eigenvalue weighted by Crippen LogP contribution is 2.33. The van der Waals surface area contributed by atoms with Crippen molar-refractivity contribution in [2.75, 3.05) is 20.8 Å². The van der Waals surface area contributed by atoms with Crippen molar-refractivity contribution in [3.05, 3.63) is 51.6 Å². The second-order valence-corrected chi connectivity index (χ2v) is 7.13. The van der Waals surface area contributed by atoms with Crippen molar-refractivity contribution < 1.29 is 33.1 Å². The zero-order valence-corrected chi connectivity index (χ0v) is 16.8. The fourth-order valence-corrected chi connectivity index (χ4v) is 3.50. The van der Waals surface area contributed by atoms with Gasteiger partial charge in [0.2, 0.25) is 0 Å². The Bertz CT molecular complexity index is 1040. The van der Waals surface area contributed by atoms with Crippen LogP contribution in [0, 0.1) is 0 Å². The van der Waals surface area contributed by atoms with E-state index in [1.165, 1.54) is 26.4 Å². The van der Waals surface area contributed by atoms with Crippen molar-refractivity contribution in [1.82, 2.24) is 4.90 Å². The van der Waals surface area contributed by atoms with Gasteiger partial charge in [-0.3, -0.25) is 19.3 Å². The third-order valence-electron chi connectivity index (χ3n) is 3.94. The minimum atomic E-state index is -0.696. The van der Waals surface area contributed by atoms with Gasteiger partial charge in [-0.1, -0.05) is 11.6 Å². The van der Waals surface area contributed by atoms with Crippen molar-refractivity contribution >= 4 is 52.5 Å². The van der Waals surface area contributed by atoms with Crippen LogP contribution in [0.1, 0.15) is 16.1 Å². The summed E-state index contributed by atoms with van der Waals surface area (Å²) in [4.78, 5) is 48.4. The van der Waals surface area contributed by atoms with Gasteiger partial charge >= 0.3 is 11.9 Å². The first-order valence-electron chi connectivity index (χ1n) is 8.14. The number of ether oxygens (including phenoxy) is 2. The minimum absolute atomic E-state index is 0.117. The standard InChI is InChI=1S/C19H14ClNO7S/c1-26-16(22)9-21-17(23)15(29-19(21)25)8-11-4-6-14(28-11)10-3-5-13(20)12(7-10)18(24)27-2/h3-8H,9H2,1-2H3/b15-8+. The zero-order valence-electron chi connectivity index (χ0n) is 15.3. The van der Waals surface area contributed by atoms with Gasteiger partial charge < -0.3 is 13.9 Å². The fourth-order valence-electron chi connectivity index (χ4n) is 2.49. The Balaban J connectivity index is 1.84. The van der Waals surface area contributed by atoms with Crippen molar-refractivity contribution in [1.29, 1.82) is 0 Å². The van der Waals surface area contributed by atoms with Gasteiger partial charge in [-0.05, 0) is 42.1 Å². The summed E-state index contributed by atoms with van der Waals surface area (Å²) in [6.07, 6.45) is 1.41. The predicted octanol–water partition coefficient (Wildman–Crippen LogP) is 3.60. The lowest BCUT2D eigenvalue weighted by Gasteiger charge is -2.09. The molecule has 150 valence electrons. The smallest absolute Gasteiger partial charge is 0.339 e. The van der Waals surface area contributed by atoms with E-state index < -0.39 is 29.6 Å². The molecule has 0 saturated carbocycles. The Morgan fingerprint density at radius 3 is 2.62 bits per heavy atom. The van der Waals surface area contributed by atoms with Gasteiger partial charge in [0.25, 0.3) is 11.1 Å². The third kappa shape index (κ3) is 4.36. The van der Waals surface area contributed by atoms with Gasteiger partial charge in [0, 0.05) is 11.6 Å². The lowest BCUT2D eigenvalue weighted by molar-refractivity contribution is -0.143. The molecule has 1 aliphatic heterocycles. The predicted molar refractivity (Wildman–Crippen MR) is 105 cm³/mol. The number of thioether (sulfide) groups is 1. The molecule has 0 N–H and O–H groups in total. The second kappa shape index (κ2) is 8.54. The quantitative estimate of drug-likeness (QED) is 0.518. The molecule has 0 atom stereocenters. The molecule has 1 aliphatic rings. The molecule has 1 aromatic carbocycles. The number of furan rings is 1. The van der Waals surface area contributed by atoms with Crippen molar-refractivity contribution in [2.24, 2.45) is 0 Å². The number of rotatable bonds is 5. The molecule has 0 unspecified atom stereocenters. The molecule has 1 fully saturated rings. The molecule has 10 heteroatoms. The molecule has 2 aromatic rings. The molecule has 0 aliphatic carbocycles. The maximum atomic E-state index is 12.3. The van der Waals surface area contributed by atoms with Crippen LogP contribution in [0.5, 0.6) is 0 Å². The van der Waals surface area contributed by atoms with E-state index in [2.05, 4.69) is 4.74 Å². The number of nitrogens with zero attached hydrogens (tertiary/aromatic N) is 1. The molecule has 1 saturated heterocycles. The number of halogens is 1. The summed E-state index contributed by atoms with van der Waals surface area (Å²) in [6, 6.07) is 8.00. The first-order chi connectivity index (χ1) is 13.8. The number of imide groups is 1. The molecule has 2 heterocycles. The summed E-state index contributed by atoms with van der Waals surface area (Å²) >= 11 is 6.71. The lowest BCUT2D eigenvalue weighted by Crippen LogP contribution is -2.34. The highest BCUT2D eigenvalue weighted by molar-refractivity contribution is 8.18. The summed E-state index contributed by atoms with van der Waals surface area (Å²) < 4.78 is 14.9. The van der Waals surface area contributed by atoms with E-state index in [0.29, 0.717) is 28.8 Å². The Morgan fingerprint density at radius 1 is 1.17 bits per heavy atom. The number of amides is 2. The molecule has 29 heavy (non-hydrogen) atoms. The van der Waals surface area contributed by atoms with Crippen LogP contribution in [0.3, 0.4) is 0 Å². The average Bonchev–Trinajstić information content (AvgIpc) is 3.28. The number of carbonyl (C=O) groups is 4. The molecule has 3 rings (SSSR count). The number of methoxy groups -OCH3 is 2. The fraction of sp³-hybridized carbons (Fsp3) is 0.158. The first-order valence-corrected chi connectivity index (χ1v) is 9.33. The molecule has 0 spiro atoms. The molecule has 0 bridgehead atoms. The van der Waals surface area contributed by atoms with E-state index in [0.717, 1.165) is 4.90 Å². The van der Waals surface area contributed by atoms with Gasteiger partial charge in [0.15, 0.2) is 0 Å². The van der Waals surface area contributed by atoms with E-state index in [1.807, 2.05) is 0 Å². The van der Waals surface area contributed by atoms with E-state index in [1.54, 1.807) is 24.3 Å². The Hall–Kier alpha value is -3.04. The molecule has 2 amide bonds. The molecular weight excluding hydrogens is 422 g/mol. The van der Waals surface area contributed by atoms with Crippen LogP contribution in [-0.2, 0) is 19.1 Å². The summed E-state index contributed by atoms with van der Waals surface area (Å²) in [5, 5.41) is -0.328. The summed E-state index contributed by atoms with van der Waals surface area (Å²) in [6.45, 7) is -0.455. The van der Waals surface area contributed by atoms with Crippen molar-refractivity contribution in [3.63, 3.8) is 0 Å². The van der Waals surface area contributed by atoms with Crippen LogP contribution in [0.25, 0.3) is 17.4 Å². The van der Waals surface area contributed by atoms with E-state index >= 15 is 0 Å². The maximum absolute atomic E-state index is 12.3. The van der Waals surface area contributed by atoms with Crippen LogP contribution in [0.15, 0.2) is 39.7 Å². The van der Waals surface area contributed by atoms with Gasteiger partial charge in [-0.15, -0.1) is 0 Å². The van der Waals surface area contributed by atoms with E-state index in [-0.39, 0.29) is 15.5 Å². The summed E-state index contributed by atoms with van der Waals surface area (Å²) in [5.41, 5.74) is 0.766. The van der Waals surface area contributed by atoms with Crippen LogP contribution >= 0.6 is 23.4 Å². The molecule has 0 radical (unpaired) electrons. The summed E-state index contributed by atoms with van der Waals surface area (Å²) in [7, 11) is 2.42. The van der Waals surface area contributed by atoms with Gasteiger partial charge in [0.05, 0.1) is 29.7 Å². The second-order valence-electron chi connectivity index (χ2n) is 5.73. The lowest BCUT2D eigenvalue weighted by atomic mass is 10.1. The number of hydrogen-bond acceptors (Lipinski definition) is 8. The van der Waals surface area contributed by atoms with E-state index in [9.17, 15) is 19.2 Å². The van der Waals surface area contributed by atoms with Crippen molar-refractivity contribution in [3.8, 4) is 11.3 Å². The molecular formula is C19H14ClNO7S. The number of benzene rings is 1. The van der Waals surface area contributed by atoms with Crippen LogP contribution in [0.2, 0.25) is 5.02 Å². The Labute approximate surface area is 174 Å². The number of hydrogen-bond donors (Lipinski definition) is 0. The first kappa shape index (κ1) is 20.7. The highest BCUT2D eigenvalue weighted by Gasteiger charge is 2.36. The highest BCUT2D eigenvalue weighted by atomic mass is 35.5. The number of esters is 2. The maximum Gasteiger partial charge on any atom is 0.339 e. The third-order valence-corrected chi connectivity index (χ3v) is 5.18. The van der Waals surface area contributed by atoms with Gasteiger partial charge in [0.1, 0.15) is 18.1 Å². The summed E-state index contributed by atoms with van der Waals surface area (Å²) in [5.74, 6) is -1.14. The van der Waals surface area contributed by atoms with Crippen molar-refractivity contribution in [2.45, 2.75) is 0 Å². The Kier molecular flexibility index (Phi) is 6.09. The van der Waals surface area contributed by atoms with Crippen LogP contribution in [0.4, 0.5) is 4.79 Å². The average molecular weight is 436 g/mol. The normalized spacial score (nSPS) is 15.1. The molecule has 1 aromatic heterocycles. The van der Waals surface area contributed by atoms with Crippen LogP contribution < -0.4 is 0 Å². The van der Waals surface area contributed by atoms with Crippen LogP contribution in [-0.4, -0.2) is 48.7 Å². The zero-order chi connectivity index (χ0) is 21.1. The van der Waals surface area contributed by atoms with E-state index in [4.69, 9.17) is 20.8 Å². The van der Waals surface area contributed by atoms with Gasteiger partial charge in [-0.25, -0.2) is 4.79 Å². The monoisotopic (exact) mass is 435 g/mol. The molecule has 8 nitrogen and oxygen atoms in total. The topological polar surface area (TPSA) is 103 Å².